The van der Waals surface area contributed by atoms with Crippen molar-refractivity contribution < 1.29 is 0 Å². The fraction of sp³-hybridized carbons (Fsp3) is 0.500. The second-order valence-corrected chi connectivity index (χ2v) is 5.25. The zero-order chi connectivity index (χ0) is 14.1. The highest BCUT2D eigenvalue weighted by Crippen LogP contribution is 2.11. The van der Waals surface area contributed by atoms with Crippen molar-refractivity contribution in [3.63, 3.8) is 0 Å². The highest BCUT2D eigenvalue weighted by molar-refractivity contribution is 6.31. The van der Waals surface area contributed by atoms with Crippen molar-refractivity contribution in [3.05, 3.63) is 40.9 Å². The van der Waals surface area contributed by atoms with Gasteiger partial charge in [-0.05, 0) is 31.8 Å². The van der Waals surface area contributed by atoms with Crippen LogP contribution in [-0.2, 0) is 0 Å². The lowest BCUT2D eigenvalue weighted by Gasteiger charge is -2.22. The Morgan fingerprint density at radius 2 is 1.74 bits per heavy atom. The number of hydrogen-bond donors (Lipinski definition) is 0. The van der Waals surface area contributed by atoms with E-state index >= 15 is 0 Å². The van der Waals surface area contributed by atoms with Crippen LogP contribution in [0.4, 0.5) is 0 Å². The summed E-state index contributed by atoms with van der Waals surface area (Å²) >= 11 is 6.30. The van der Waals surface area contributed by atoms with Crippen LogP contribution in [-0.4, -0.2) is 49.6 Å². The molecule has 0 aromatic heterocycles. The minimum Gasteiger partial charge on any atom is -0.303 e. The monoisotopic (exact) mass is 280 g/mol. The second-order valence-electron chi connectivity index (χ2n) is 4.77. The summed E-state index contributed by atoms with van der Waals surface area (Å²) in [4.78, 5) is 4.69. The van der Waals surface area contributed by atoms with Gasteiger partial charge in [0.15, 0.2) is 0 Å². The molecular weight excluding hydrogens is 256 g/mol. The van der Waals surface area contributed by atoms with Gasteiger partial charge in [-0.15, -0.1) is 0 Å². The molecule has 3 heteroatoms. The Morgan fingerprint density at radius 3 is 2.32 bits per heavy atom. The van der Waals surface area contributed by atoms with Crippen LogP contribution in [0.15, 0.2) is 35.4 Å². The average Bonchev–Trinajstić information content (AvgIpc) is 2.40. The molecule has 1 aromatic carbocycles. The summed E-state index contributed by atoms with van der Waals surface area (Å²) in [6.07, 6.45) is 2.04. The largest absolute Gasteiger partial charge is 0.303 e. The van der Waals surface area contributed by atoms with E-state index in [1.807, 2.05) is 24.3 Å². The van der Waals surface area contributed by atoms with Crippen LogP contribution in [0.25, 0.3) is 6.08 Å². The van der Waals surface area contributed by atoms with Crippen molar-refractivity contribution >= 4 is 17.7 Å². The molecule has 0 atom stereocenters. The quantitative estimate of drug-likeness (QED) is 0.719. The number of rotatable bonds is 8. The van der Waals surface area contributed by atoms with E-state index in [9.17, 15) is 0 Å². The summed E-state index contributed by atoms with van der Waals surface area (Å²) in [5, 5.41) is 0.883. The Balaban J connectivity index is 2.39. The van der Waals surface area contributed by atoms with E-state index in [1.165, 1.54) is 0 Å². The van der Waals surface area contributed by atoms with E-state index in [4.69, 9.17) is 11.6 Å². The van der Waals surface area contributed by atoms with Crippen LogP contribution in [0.1, 0.15) is 19.4 Å². The molecule has 1 aromatic rings. The molecule has 0 aliphatic carbocycles. The topological polar surface area (TPSA) is 6.48 Å². The van der Waals surface area contributed by atoms with Gasteiger partial charge in [0.1, 0.15) is 0 Å². The first-order valence-corrected chi connectivity index (χ1v) is 7.35. The van der Waals surface area contributed by atoms with Crippen molar-refractivity contribution in [1.29, 1.82) is 0 Å². The summed E-state index contributed by atoms with van der Waals surface area (Å²) in [6, 6.07) is 10.2. The molecule has 0 aliphatic rings. The summed E-state index contributed by atoms with van der Waals surface area (Å²) < 4.78 is 0. The summed E-state index contributed by atoms with van der Waals surface area (Å²) in [6.45, 7) is 9.56. The van der Waals surface area contributed by atoms with Crippen molar-refractivity contribution in [1.82, 2.24) is 9.80 Å². The molecule has 0 bridgehead atoms. The Kier molecular flexibility index (Phi) is 7.80. The first-order chi connectivity index (χ1) is 9.15. The first kappa shape index (κ1) is 16.2. The van der Waals surface area contributed by atoms with Crippen LogP contribution in [0.5, 0.6) is 0 Å². The maximum atomic E-state index is 6.30. The van der Waals surface area contributed by atoms with Gasteiger partial charge in [-0.3, -0.25) is 4.90 Å². The molecule has 0 amide bonds. The summed E-state index contributed by atoms with van der Waals surface area (Å²) in [5.74, 6) is 0. The number of halogens is 1. The highest BCUT2D eigenvalue weighted by atomic mass is 35.5. The van der Waals surface area contributed by atoms with E-state index in [0.717, 1.165) is 43.3 Å². The Bertz CT molecular complexity index is 372. The number of hydrogen-bond acceptors (Lipinski definition) is 2. The van der Waals surface area contributed by atoms with Gasteiger partial charge in [-0.1, -0.05) is 55.8 Å². The van der Waals surface area contributed by atoms with E-state index in [0.29, 0.717) is 0 Å². The average molecular weight is 281 g/mol. The third-order valence-corrected chi connectivity index (χ3v) is 3.46. The normalized spacial score (nSPS) is 12.4. The zero-order valence-corrected chi connectivity index (χ0v) is 13.0. The van der Waals surface area contributed by atoms with Crippen LogP contribution in [0, 0.1) is 0 Å². The van der Waals surface area contributed by atoms with Gasteiger partial charge in [-0.25, -0.2) is 0 Å². The number of likely N-dealkylation sites (N-methyl/N-ethyl adjacent to an activating group) is 2. The second kappa shape index (κ2) is 9.13. The molecule has 0 radical (unpaired) electrons. The number of benzene rings is 1. The first-order valence-electron chi connectivity index (χ1n) is 6.97. The SMILES string of the molecule is CCN(CC)CCN(C)C/C(Cl)=C/c1ccccc1. The molecule has 19 heavy (non-hydrogen) atoms. The van der Waals surface area contributed by atoms with Gasteiger partial charge >= 0.3 is 0 Å². The van der Waals surface area contributed by atoms with Crippen molar-refractivity contribution in [2.75, 3.05) is 39.8 Å². The van der Waals surface area contributed by atoms with Crippen LogP contribution >= 0.6 is 11.6 Å². The molecule has 0 saturated heterocycles. The lowest BCUT2D eigenvalue weighted by Crippen LogP contribution is -2.33. The van der Waals surface area contributed by atoms with E-state index in [1.54, 1.807) is 0 Å². The van der Waals surface area contributed by atoms with E-state index in [2.05, 4.69) is 42.8 Å². The standard InChI is InChI=1S/C16H25ClN2/c1-4-19(5-2)12-11-18(3)14-16(17)13-15-9-7-6-8-10-15/h6-10,13H,4-5,11-12,14H2,1-3H3/b16-13-. The van der Waals surface area contributed by atoms with Crippen LogP contribution in [0.2, 0.25) is 0 Å². The van der Waals surface area contributed by atoms with Gasteiger partial charge in [0.05, 0.1) is 0 Å². The fourth-order valence-electron chi connectivity index (χ4n) is 1.96. The molecule has 0 N–H and O–H groups in total. The molecule has 1 rings (SSSR count). The minimum atomic E-state index is 0.803. The third-order valence-electron chi connectivity index (χ3n) is 3.24. The van der Waals surface area contributed by atoms with Gasteiger partial charge in [0.25, 0.3) is 0 Å². The molecule has 0 saturated carbocycles. The Morgan fingerprint density at radius 1 is 1.11 bits per heavy atom. The summed E-state index contributed by atoms with van der Waals surface area (Å²) in [5.41, 5.74) is 1.16. The molecule has 0 heterocycles. The van der Waals surface area contributed by atoms with Gasteiger partial charge in [0, 0.05) is 24.7 Å². The minimum absolute atomic E-state index is 0.803. The van der Waals surface area contributed by atoms with E-state index < -0.39 is 0 Å². The lowest BCUT2D eigenvalue weighted by molar-refractivity contribution is 0.251. The Hall–Kier alpha value is -0.830. The van der Waals surface area contributed by atoms with Crippen molar-refractivity contribution in [3.8, 4) is 0 Å². The molecule has 0 aliphatic heterocycles. The van der Waals surface area contributed by atoms with Crippen molar-refractivity contribution in [2.24, 2.45) is 0 Å². The highest BCUT2D eigenvalue weighted by Gasteiger charge is 2.04. The predicted molar refractivity (Wildman–Crippen MR) is 85.6 cm³/mol. The lowest BCUT2D eigenvalue weighted by atomic mass is 10.2. The van der Waals surface area contributed by atoms with E-state index in [-0.39, 0.29) is 0 Å². The molecule has 0 spiro atoms. The maximum Gasteiger partial charge on any atom is 0.0339 e. The fourth-order valence-corrected chi connectivity index (χ4v) is 2.29. The third kappa shape index (κ3) is 6.76. The summed E-state index contributed by atoms with van der Waals surface area (Å²) in [7, 11) is 2.12. The molecular formula is C16H25ClN2. The maximum absolute atomic E-state index is 6.30. The van der Waals surface area contributed by atoms with Gasteiger partial charge in [-0.2, -0.15) is 0 Å². The van der Waals surface area contributed by atoms with Crippen molar-refractivity contribution in [2.45, 2.75) is 13.8 Å². The number of nitrogens with zero attached hydrogens (tertiary/aromatic N) is 2. The van der Waals surface area contributed by atoms with Gasteiger partial charge in [0.2, 0.25) is 0 Å². The van der Waals surface area contributed by atoms with Gasteiger partial charge < -0.3 is 4.90 Å². The molecule has 0 unspecified atom stereocenters. The predicted octanol–water partition coefficient (Wildman–Crippen LogP) is 3.54. The Labute approximate surface area is 122 Å². The smallest absolute Gasteiger partial charge is 0.0339 e. The molecule has 106 valence electrons. The zero-order valence-electron chi connectivity index (χ0n) is 12.3. The van der Waals surface area contributed by atoms with Crippen LogP contribution < -0.4 is 0 Å². The van der Waals surface area contributed by atoms with Crippen LogP contribution in [0.3, 0.4) is 0 Å². The molecule has 2 nitrogen and oxygen atoms in total. The molecule has 0 fully saturated rings.